The highest BCUT2D eigenvalue weighted by molar-refractivity contribution is 6.32. The lowest BCUT2D eigenvalue weighted by molar-refractivity contribution is 0.660. The van der Waals surface area contributed by atoms with Crippen LogP contribution in [0.15, 0.2) is 173 Å². The second kappa shape index (κ2) is 10.7. The van der Waals surface area contributed by atoms with Crippen LogP contribution in [-0.4, -0.2) is 0 Å². The van der Waals surface area contributed by atoms with Gasteiger partial charge in [-0.3, -0.25) is 0 Å². The van der Waals surface area contributed by atoms with Crippen molar-refractivity contribution in [3.63, 3.8) is 0 Å². The van der Waals surface area contributed by atoms with Gasteiger partial charge in [0.15, 0.2) is 0 Å². The van der Waals surface area contributed by atoms with Gasteiger partial charge in [0.2, 0.25) is 0 Å². The summed E-state index contributed by atoms with van der Waals surface area (Å²) in [5.74, 6) is 0. The van der Waals surface area contributed by atoms with Gasteiger partial charge in [0.25, 0.3) is 0 Å². The van der Waals surface area contributed by atoms with Crippen LogP contribution in [0.4, 0.5) is 17.1 Å². The van der Waals surface area contributed by atoms with Crippen molar-refractivity contribution in [3.8, 4) is 22.3 Å². The maximum absolute atomic E-state index is 6.81. The topological polar surface area (TPSA) is 29.5 Å². The molecule has 0 bridgehead atoms. The maximum Gasteiger partial charge on any atom is 0.138 e. The van der Waals surface area contributed by atoms with Gasteiger partial charge in [-0.15, -0.1) is 0 Å². The summed E-state index contributed by atoms with van der Waals surface area (Å²) in [5, 5.41) is 6.69. The van der Waals surface area contributed by atoms with Crippen LogP contribution >= 0.6 is 0 Å². The lowest BCUT2D eigenvalue weighted by atomic mass is 9.82. The van der Waals surface area contributed by atoms with E-state index in [1.165, 1.54) is 33.4 Å². The van der Waals surface area contributed by atoms with E-state index in [0.717, 1.165) is 71.7 Å². The highest BCUT2D eigenvalue weighted by Gasteiger charge is 2.36. The third kappa shape index (κ3) is 4.08. The molecule has 1 aliphatic rings. The van der Waals surface area contributed by atoms with E-state index >= 15 is 0 Å². The third-order valence-corrected chi connectivity index (χ3v) is 11.3. The molecule has 2 aromatic heterocycles. The van der Waals surface area contributed by atoms with Gasteiger partial charge in [0.1, 0.15) is 22.3 Å². The minimum atomic E-state index is -0.131. The molecule has 0 amide bonds. The van der Waals surface area contributed by atoms with Crippen molar-refractivity contribution in [1.29, 1.82) is 0 Å². The Balaban J connectivity index is 1.19. The van der Waals surface area contributed by atoms with Gasteiger partial charge in [-0.05, 0) is 81.2 Å². The molecule has 1 aliphatic carbocycles. The number of hydrogen-bond acceptors (Lipinski definition) is 3. The van der Waals surface area contributed by atoms with Gasteiger partial charge in [0.05, 0.1) is 5.69 Å². The Hall–Kier alpha value is -6.58. The van der Waals surface area contributed by atoms with Gasteiger partial charge >= 0.3 is 0 Å². The van der Waals surface area contributed by atoms with Crippen LogP contribution in [0.5, 0.6) is 0 Å². The summed E-state index contributed by atoms with van der Waals surface area (Å²) in [7, 11) is 0. The molecule has 0 radical (unpaired) electrons. The summed E-state index contributed by atoms with van der Waals surface area (Å²) in [6.07, 6.45) is 0. The second-order valence-corrected chi connectivity index (χ2v) is 14.5. The first-order chi connectivity index (χ1) is 25.5. The smallest absolute Gasteiger partial charge is 0.138 e. The predicted octanol–water partition coefficient (Wildman–Crippen LogP) is 14.1. The zero-order chi connectivity index (χ0) is 34.6. The molecule has 10 aromatic rings. The molecule has 11 rings (SSSR count). The standard InChI is InChI=1S/C49H33NO2/c1-49(2)39-18-10-8-14-34(39)35-25-24-33(28-40(35)49)50(32-22-20-31(21-23-32)30-12-4-3-5-13-30)41-29-45-46(37-16-7-6-15-36(37)41)48-44(52-45)27-26-43-47(48)38-17-9-11-19-42(38)51-43/h3-29H,1-2H3. The molecule has 0 saturated carbocycles. The van der Waals surface area contributed by atoms with Crippen molar-refractivity contribution in [1.82, 2.24) is 0 Å². The Labute approximate surface area is 301 Å². The highest BCUT2D eigenvalue weighted by Crippen LogP contribution is 2.52. The second-order valence-electron chi connectivity index (χ2n) is 14.5. The molecular weight excluding hydrogens is 635 g/mol. The van der Waals surface area contributed by atoms with E-state index < -0.39 is 0 Å². The first-order valence-electron chi connectivity index (χ1n) is 17.9. The summed E-state index contributed by atoms with van der Waals surface area (Å²) in [6.45, 7) is 4.69. The largest absolute Gasteiger partial charge is 0.456 e. The maximum atomic E-state index is 6.81. The lowest BCUT2D eigenvalue weighted by Crippen LogP contribution is -2.16. The van der Waals surface area contributed by atoms with Crippen LogP contribution in [0.3, 0.4) is 0 Å². The van der Waals surface area contributed by atoms with Crippen molar-refractivity contribution in [2.75, 3.05) is 4.90 Å². The molecule has 0 atom stereocenters. The van der Waals surface area contributed by atoms with Crippen molar-refractivity contribution in [3.05, 3.63) is 175 Å². The first-order valence-corrected chi connectivity index (χ1v) is 17.9. The van der Waals surface area contributed by atoms with Crippen LogP contribution in [0.2, 0.25) is 0 Å². The SMILES string of the molecule is CC1(C)c2ccccc2-c2ccc(N(c3ccc(-c4ccccc4)cc3)c3cc4oc5ccc6oc7ccccc7c6c5c4c4ccccc34)cc21. The molecule has 0 unspecified atom stereocenters. The normalized spacial score (nSPS) is 13.3. The number of anilines is 3. The van der Waals surface area contributed by atoms with Crippen LogP contribution in [0, 0.1) is 0 Å². The van der Waals surface area contributed by atoms with Crippen molar-refractivity contribution in [2.45, 2.75) is 19.3 Å². The van der Waals surface area contributed by atoms with Crippen LogP contribution in [0.1, 0.15) is 25.0 Å². The van der Waals surface area contributed by atoms with Gasteiger partial charge in [-0.2, -0.15) is 0 Å². The number of nitrogens with zero attached hydrogens (tertiary/aromatic N) is 1. The van der Waals surface area contributed by atoms with E-state index in [2.05, 4.69) is 164 Å². The number of para-hydroxylation sites is 1. The average Bonchev–Trinajstić information content (AvgIpc) is 3.83. The fourth-order valence-electron chi connectivity index (χ4n) is 8.80. The highest BCUT2D eigenvalue weighted by atomic mass is 16.3. The predicted molar refractivity (Wildman–Crippen MR) is 216 cm³/mol. The number of fused-ring (bicyclic) bond motifs is 12. The molecule has 3 nitrogen and oxygen atoms in total. The molecule has 0 aliphatic heterocycles. The Morgan fingerprint density at radius 2 is 1.00 bits per heavy atom. The van der Waals surface area contributed by atoms with Gasteiger partial charge < -0.3 is 13.7 Å². The average molecular weight is 668 g/mol. The Bertz CT molecular complexity index is 3040. The van der Waals surface area contributed by atoms with Gasteiger partial charge in [0, 0.05) is 49.8 Å². The number of hydrogen-bond donors (Lipinski definition) is 0. The lowest BCUT2D eigenvalue weighted by Gasteiger charge is -2.29. The van der Waals surface area contributed by atoms with E-state index in [-0.39, 0.29) is 5.41 Å². The zero-order valence-corrected chi connectivity index (χ0v) is 28.9. The number of benzene rings is 8. The van der Waals surface area contributed by atoms with E-state index in [0.29, 0.717) is 0 Å². The monoisotopic (exact) mass is 667 g/mol. The first kappa shape index (κ1) is 29.2. The molecule has 8 aromatic carbocycles. The molecule has 0 spiro atoms. The Morgan fingerprint density at radius 3 is 1.83 bits per heavy atom. The molecule has 0 saturated heterocycles. The van der Waals surface area contributed by atoms with Crippen LogP contribution < -0.4 is 4.90 Å². The van der Waals surface area contributed by atoms with Gasteiger partial charge in [-0.25, -0.2) is 0 Å². The molecule has 0 N–H and O–H groups in total. The summed E-state index contributed by atoms with van der Waals surface area (Å²) in [4.78, 5) is 2.41. The quantitative estimate of drug-likeness (QED) is 0.187. The van der Waals surface area contributed by atoms with Crippen molar-refractivity contribution >= 4 is 71.7 Å². The molecule has 52 heavy (non-hydrogen) atoms. The van der Waals surface area contributed by atoms with E-state index in [9.17, 15) is 0 Å². The van der Waals surface area contributed by atoms with Crippen molar-refractivity contribution in [2.24, 2.45) is 0 Å². The minimum absolute atomic E-state index is 0.131. The van der Waals surface area contributed by atoms with Crippen LogP contribution in [-0.2, 0) is 5.41 Å². The fourth-order valence-corrected chi connectivity index (χ4v) is 8.80. The minimum Gasteiger partial charge on any atom is -0.456 e. The number of rotatable bonds is 4. The zero-order valence-electron chi connectivity index (χ0n) is 28.9. The molecule has 2 heterocycles. The van der Waals surface area contributed by atoms with Crippen molar-refractivity contribution < 1.29 is 8.83 Å². The van der Waals surface area contributed by atoms with Crippen LogP contribution in [0.25, 0.3) is 76.9 Å². The molecular formula is C49H33NO2. The number of furan rings is 2. The molecule has 3 heteroatoms. The van der Waals surface area contributed by atoms with E-state index in [1.807, 2.05) is 18.2 Å². The summed E-state index contributed by atoms with van der Waals surface area (Å²) < 4.78 is 13.1. The summed E-state index contributed by atoms with van der Waals surface area (Å²) in [5.41, 5.74) is 14.3. The Morgan fingerprint density at radius 1 is 0.404 bits per heavy atom. The van der Waals surface area contributed by atoms with E-state index in [1.54, 1.807) is 0 Å². The summed E-state index contributed by atoms with van der Waals surface area (Å²) >= 11 is 0. The van der Waals surface area contributed by atoms with E-state index in [4.69, 9.17) is 8.83 Å². The fraction of sp³-hybridized carbons (Fsp3) is 0.0612. The van der Waals surface area contributed by atoms with Gasteiger partial charge in [-0.1, -0.05) is 129 Å². The third-order valence-electron chi connectivity index (χ3n) is 11.3. The Kier molecular flexibility index (Phi) is 6.01. The molecule has 0 fully saturated rings. The molecule has 246 valence electrons. The summed E-state index contributed by atoms with van der Waals surface area (Å²) in [6, 6.07) is 58.7.